The topological polar surface area (TPSA) is 3.88 Å². The lowest BCUT2D eigenvalue weighted by molar-refractivity contribution is -0.661. The Kier molecular flexibility index (Phi) is 4.84. The summed E-state index contributed by atoms with van der Waals surface area (Å²) in [7, 11) is 2.21. The highest BCUT2D eigenvalue weighted by molar-refractivity contribution is 5.61. The molecule has 0 amide bonds. The van der Waals surface area contributed by atoms with Crippen molar-refractivity contribution in [3.63, 3.8) is 0 Å². The number of pyridine rings is 1. The van der Waals surface area contributed by atoms with E-state index in [0.717, 1.165) is 5.92 Å². The van der Waals surface area contributed by atoms with Crippen molar-refractivity contribution >= 4 is 0 Å². The molecule has 1 saturated carbocycles. The Labute approximate surface area is 141 Å². The summed E-state index contributed by atoms with van der Waals surface area (Å²) in [5.74, 6) is 1.48. The third-order valence-corrected chi connectivity index (χ3v) is 5.24. The summed E-state index contributed by atoms with van der Waals surface area (Å²) in [5.41, 5.74) is 7.24. The highest BCUT2D eigenvalue weighted by atomic mass is 14.9. The predicted molar refractivity (Wildman–Crippen MR) is 97.5 cm³/mol. The van der Waals surface area contributed by atoms with Gasteiger partial charge in [-0.05, 0) is 55.2 Å². The Morgan fingerprint density at radius 2 is 1.83 bits per heavy atom. The van der Waals surface area contributed by atoms with Crippen molar-refractivity contribution in [1.82, 2.24) is 0 Å². The summed E-state index contributed by atoms with van der Waals surface area (Å²) in [4.78, 5) is 0. The molecular formula is C22H30N+. The first kappa shape index (κ1) is 16.2. The standard InChI is InChI=1S/C22H30N/c1-16(2)13-19-14-22(20-12-8-5-9-17(20)3)23(4)15-21(19)18-10-6-7-11-18/h5,8-9,12,14-16,18H,6-7,10-11,13H2,1-4H3/q+1. The number of hydrogen-bond donors (Lipinski definition) is 0. The zero-order valence-corrected chi connectivity index (χ0v) is 15.1. The molecule has 23 heavy (non-hydrogen) atoms. The molecule has 3 rings (SSSR count). The molecular weight excluding hydrogens is 278 g/mol. The van der Waals surface area contributed by atoms with Gasteiger partial charge in [0.2, 0.25) is 5.69 Å². The minimum absolute atomic E-state index is 0.701. The monoisotopic (exact) mass is 308 g/mol. The molecule has 0 N–H and O–H groups in total. The Morgan fingerprint density at radius 3 is 2.48 bits per heavy atom. The van der Waals surface area contributed by atoms with Crippen molar-refractivity contribution in [1.29, 1.82) is 0 Å². The Morgan fingerprint density at radius 1 is 1.13 bits per heavy atom. The fourth-order valence-corrected chi connectivity index (χ4v) is 4.06. The first-order valence-corrected chi connectivity index (χ1v) is 9.14. The summed E-state index contributed by atoms with van der Waals surface area (Å²) in [5, 5.41) is 0. The van der Waals surface area contributed by atoms with E-state index in [9.17, 15) is 0 Å². The van der Waals surface area contributed by atoms with Crippen LogP contribution in [0.15, 0.2) is 36.5 Å². The van der Waals surface area contributed by atoms with E-state index in [1.165, 1.54) is 48.9 Å². The van der Waals surface area contributed by atoms with Crippen molar-refractivity contribution in [2.24, 2.45) is 13.0 Å². The molecule has 0 bridgehead atoms. The molecule has 1 aliphatic carbocycles. The number of rotatable bonds is 4. The highest BCUT2D eigenvalue weighted by Gasteiger charge is 2.25. The number of nitrogens with zero attached hydrogens (tertiary/aromatic N) is 1. The molecule has 0 saturated heterocycles. The van der Waals surface area contributed by atoms with Gasteiger partial charge in [0.05, 0.1) is 0 Å². The van der Waals surface area contributed by atoms with Gasteiger partial charge in [0.1, 0.15) is 7.05 Å². The van der Waals surface area contributed by atoms with Gasteiger partial charge in [0.25, 0.3) is 0 Å². The van der Waals surface area contributed by atoms with Gasteiger partial charge in [-0.2, -0.15) is 0 Å². The van der Waals surface area contributed by atoms with Crippen LogP contribution in [0.4, 0.5) is 0 Å². The van der Waals surface area contributed by atoms with Gasteiger partial charge < -0.3 is 0 Å². The second-order valence-electron chi connectivity index (χ2n) is 7.64. The molecule has 122 valence electrons. The van der Waals surface area contributed by atoms with Crippen LogP contribution in [0.25, 0.3) is 11.3 Å². The summed E-state index contributed by atoms with van der Waals surface area (Å²) < 4.78 is 2.35. The largest absolute Gasteiger partial charge is 0.212 e. The van der Waals surface area contributed by atoms with Crippen molar-refractivity contribution in [3.8, 4) is 11.3 Å². The lowest BCUT2D eigenvalue weighted by atomic mass is 9.89. The maximum atomic E-state index is 2.47. The van der Waals surface area contributed by atoms with Gasteiger partial charge in [0, 0.05) is 17.2 Å². The van der Waals surface area contributed by atoms with Crippen LogP contribution in [-0.2, 0) is 13.5 Å². The summed E-state index contributed by atoms with van der Waals surface area (Å²) >= 11 is 0. The first-order chi connectivity index (χ1) is 11.1. The van der Waals surface area contributed by atoms with E-state index in [-0.39, 0.29) is 0 Å². The second kappa shape index (κ2) is 6.86. The fourth-order valence-electron chi connectivity index (χ4n) is 4.06. The molecule has 0 atom stereocenters. The van der Waals surface area contributed by atoms with Crippen LogP contribution in [0.2, 0.25) is 0 Å². The van der Waals surface area contributed by atoms with Crippen LogP contribution in [0, 0.1) is 12.8 Å². The van der Waals surface area contributed by atoms with Crippen LogP contribution in [0.5, 0.6) is 0 Å². The van der Waals surface area contributed by atoms with Crippen LogP contribution in [-0.4, -0.2) is 0 Å². The quantitative estimate of drug-likeness (QED) is 0.671. The molecule has 0 aliphatic heterocycles. The Bertz CT molecular complexity index is 678. The number of benzene rings is 1. The highest BCUT2D eigenvalue weighted by Crippen LogP contribution is 2.37. The van der Waals surface area contributed by atoms with E-state index in [0.29, 0.717) is 5.92 Å². The van der Waals surface area contributed by atoms with E-state index in [1.807, 2.05) is 0 Å². The average Bonchev–Trinajstić information content (AvgIpc) is 3.03. The third-order valence-electron chi connectivity index (χ3n) is 5.24. The minimum atomic E-state index is 0.701. The molecule has 1 aliphatic rings. The Balaban J connectivity index is 2.10. The van der Waals surface area contributed by atoms with E-state index in [4.69, 9.17) is 0 Å². The van der Waals surface area contributed by atoms with Crippen LogP contribution >= 0.6 is 0 Å². The third kappa shape index (κ3) is 3.49. The van der Waals surface area contributed by atoms with Crippen molar-refractivity contribution in [2.75, 3.05) is 0 Å². The number of aryl methyl sites for hydroxylation is 2. The van der Waals surface area contributed by atoms with Crippen LogP contribution < -0.4 is 4.57 Å². The van der Waals surface area contributed by atoms with Gasteiger partial charge in [-0.1, -0.05) is 44.9 Å². The van der Waals surface area contributed by atoms with Gasteiger partial charge in [-0.25, -0.2) is 4.57 Å². The zero-order chi connectivity index (χ0) is 16.4. The smallest absolute Gasteiger partial charge is 0.201 e. The average molecular weight is 308 g/mol. The van der Waals surface area contributed by atoms with Crippen molar-refractivity contribution in [3.05, 3.63) is 53.2 Å². The van der Waals surface area contributed by atoms with Crippen molar-refractivity contribution in [2.45, 2.75) is 58.8 Å². The van der Waals surface area contributed by atoms with Gasteiger partial charge in [-0.15, -0.1) is 0 Å². The molecule has 1 aromatic carbocycles. The summed E-state index contributed by atoms with van der Waals surface area (Å²) in [6.45, 7) is 6.88. The summed E-state index contributed by atoms with van der Waals surface area (Å²) in [6, 6.07) is 11.2. The predicted octanol–water partition coefficient (Wildman–Crippen LogP) is 5.34. The van der Waals surface area contributed by atoms with Gasteiger partial charge >= 0.3 is 0 Å². The molecule has 0 spiro atoms. The lowest BCUT2D eigenvalue weighted by Crippen LogP contribution is -2.32. The van der Waals surface area contributed by atoms with E-state index < -0.39 is 0 Å². The molecule has 1 nitrogen and oxygen atoms in total. The summed E-state index contributed by atoms with van der Waals surface area (Å²) in [6.07, 6.45) is 9.15. The van der Waals surface area contributed by atoms with Crippen LogP contribution in [0.3, 0.4) is 0 Å². The lowest BCUT2D eigenvalue weighted by Gasteiger charge is -2.17. The molecule has 1 heteroatoms. The molecule has 2 aromatic rings. The minimum Gasteiger partial charge on any atom is -0.201 e. The van der Waals surface area contributed by atoms with Gasteiger partial charge in [-0.3, -0.25) is 0 Å². The fraction of sp³-hybridized carbons (Fsp3) is 0.500. The first-order valence-electron chi connectivity index (χ1n) is 9.14. The number of aromatic nitrogens is 1. The maximum Gasteiger partial charge on any atom is 0.212 e. The van der Waals surface area contributed by atoms with E-state index in [2.05, 4.69) is 68.9 Å². The van der Waals surface area contributed by atoms with E-state index >= 15 is 0 Å². The molecule has 1 aromatic heterocycles. The van der Waals surface area contributed by atoms with Gasteiger partial charge in [0.15, 0.2) is 6.20 Å². The van der Waals surface area contributed by atoms with Crippen LogP contribution in [0.1, 0.15) is 62.1 Å². The normalized spacial score (nSPS) is 15.5. The van der Waals surface area contributed by atoms with E-state index in [1.54, 1.807) is 11.1 Å². The molecule has 0 radical (unpaired) electrons. The SMILES string of the molecule is Cc1ccccc1-c1cc(CC(C)C)c(C2CCCC2)c[n+]1C. The van der Waals surface area contributed by atoms with Crippen molar-refractivity contribution < 1.29 is 4.57 Å². The molecule has 1 fully saturated rings. The molecule has 0 unspecified atom stereocenters. The maximum absolute atomic E-state index is 2.47. The second-order valence-corrected chi connectivity index (χ2v) is 7.64. The number of hydrogen-bond acceptors (Lipinski definition) is 0. The zero-order valence-electron chi connectivity index (χ0n) is 15.1. The Hall–Kier alpha value is -1.63. The molecule has 1 heterocycles.